The molecule has 0 fully saturated rings. The molecule has 0 bridgehead atoms. The lowest BCUT2D eigenvalue weighted by Gasteiger charge is -1.95. The second kappa shape index (κ2) is 5.36. The van der Waals surface area contributed by atoms with Gasteiger partial charge in [-0.25, -0.2) is 0 Å². The number of hydrogen-bond acceptors (Lipinski definition) is 1. The van der Waals surface area contributed by atoms with Crippen LogP contribution in [-0.2, 0) is 13.0 Å². The van der Waals surface area contributed by atoms with Crippen LogP contribution in [0.15, 0.2) is 12.4 Å². The van der Waals surface area contributed by atoms with Gasteiger partial charge < -0.3 is 0 Å². The molecule has 0 atom stereocenters. The van der Waals surface area contributed by atoms with Gasteiger partial charge in [-0.05, 0) is 24.8 Å². The predicted molar refractivity (Wildman–Crippen MR) is 54.6 cm³/mol. The van der Waals surface area contributed by atoms with Gasteiger partial charge >= 0.3 is 0 Å². The third-order valence-electron chi connectivity index (χ3n) is 1.74. The van der Waals surface area contributed by atoms with Gasteiger partial charge in [-0.15, -0.1) is 0 Å². The monoisotopic (exact) mass is 230 g/mol. The summed E-state index contributed by atoms with van der Waals surface area (Å²) < 4.78 is 2.02. The number of rotatable bonds is 5. The molecule has 1 rings (SSSR count). The maximum atomic E-state index is 4.26. The fourth-order valence-corrected chi connectivity index (χ4v) is 1.44. The van der Waals surface area contributed by atoms with Crippen LogP contribution in [0.25, 0.3) is 0 Å². The van der Waals surface area contributed by atoms with E-state index in [1.807, 2.05) is 10.9 Å². The van der Waals surface area contributed by atoms with Gasteiger partial charge in [0.2, 0.25) is 0 Å². The zero-order chi connectivity index (χ0) is 8.81. The lowest BCUT2D eigenvalue weighted by Crippen LogP contribution is -1.95. The summed E-state index contributed by atoms with van der Waals surface area (Å²) >= 11 is 3.42. The van der Waals surface area contributed by atoms with Crippen LogP contribution in [-0.4, -0.2) is 15.1 Å². The molecule has 0 unspecified atom stereocenters. The number of alkyl halides is 1. The lowest BCUT2D eigenvalue weighted by molar-refractivity contribution is 0.602. The zero-order valence-corrected chi connectivity index (χ0v) is 9.05. The molecule has 0 aliphatic carbocycles. The zero-order valence-electron chi connectivity index (χ0n) is 7.46. The summed E-state index contributed by atoms with van der Waals surface area (Å²) in [5, 5.41) is 5.34. The van der Waals surface area contributed by atoms with Crippen LogP contribution in [0.4, 0.5) is 0 Å². The second-order valence-corrected chi connectivity index (χ2v) is 3.70. The molecule has 12 heavy (non-hydrogen) atoms. The van der Waals surface area contributed by atoms with Crippen LogP contribution in [0.2, 0.25) is 0 Å². The molecule has 2 nitrogen and oxygen atoms in total. The van der Waals surface area contributed by atoms with E-state index in [1.54, 1.807) is 0 Å². The Bertz CT molecular complexity index is 220. The Kier molecular flexibility index (Phi) is 4.36. The van der Waals surface area contributed by atoms with E-state index in [9.17, 15) is 0 Å². The molecule has 0 saturated carbocycles. The molecule has 0 N–H and O–H groups in total. The van der Waals surface area contributed by atoms with Crippen LogP contribution in [0.1, 0.15) is 25.3 Å². The summed E-state index contributed by atoms with van der Waals surface area (Å²) in [6.45, 7) is 3.20. The van der Waals surface area contributed by atoms with Gasteiger partial charge in [0.1, 0.15) is 0 Å². The minimum absolute atomic E-state index is 1.04. The van der Waals surface area contributed by atoms with Gasteiger partial charge in [0.15, 0.2) is 0 Å². The van der Waals surface area contributed by atoms with E-state index in [0.29, 0.717) is 0 Å². The number of hydrogen-bond donors (Lipinski definition) is 0. The van der Waals surface area contributed by atoms with Gasteiger partial charge in [0.25, 0.3) is 0 Å². The van der Waals surface area contributed by atoms with E-state index in [0.717, 1.165) is 24.7 Å². The normalized spacial score (nSPS) is 10.5. The number of aromatic nitrogens is 2. The van der Waals surface area contributed by atoms with E-state index in [2.05, 4.69) is 34.1 Å². The maximum absolute atomic E-state index is 4.26. The van der Waals surface area contributed by atoms with E-state index in [1.165, 1.54) is 12.0 Å². The van der Waals surface area contributed by atoms with Gasteiger partial charge in [0, 0.05) is 18.1 Å². The Balaban J connectivity index is 2.41. The SMILES string of the molecule is CCCn1cc(CCCBr)cn1. The third-order valence-corrected chi connectivity index (χ3v) is 2.30. The second-order valence-electron chi connectivity index (χ2n) is 2.90. The molecule has 0 aliphatic heterocycles. The average molecular weight is 231 g/mol. The Morgan fingerprint density at radius 1 is 1.58 bits per heavy atom. The van der Waals surface area contributed by atoms with Crippen molar-refractivity contribution in [3.63, 3.8) is 0 Å². The molecule has 0 aliphatic rings. The fourth-order valence-electron chi connectivity index (χ4n) is 1.16. The fraction of sp³-hybridized carbons (Fsp3) is 0.667. The standard InChI is InChI=1S/C9H15BrN2/c1-2-6-12-8-9(7-11-12)4-3-5-10/h7-8H,2-6H2,1H3. The number of halogens is 1. The molecular weight excluding hydrogens is 216 g/mol. The Morgan fingerprint density at radius 3 is 3.08 bits per heavy atom. The minimum atomic E-state index is 1.04. The maximum Gasteiger partial charge on any atom is 0.0521 e. The Labute approximate surface area is 82.1 Å². The van der Waals surface area contributed by atoms with Crippen molar-refractivity contribution >= 4 is 15.9 Å². The van der Waals surface area contributed by atoms with Gasteiger partial charge in [0.05, 0.1) is 6.20 Å². The average Bonchev–Trinajstić information content (AvgIpc) is 2.50. The van der Waals surface area contributed by atoms with E-state index in [4.69, 9.17) is 0 Å². The molecule has 0 aromatic carbocycles. The Morgan fingerprint density at radius 2 is 2.42 bits per heavy atom. The van der Waals surface area contributed by atoms with Gasteiger partial charge in [-0.3, -0.25) is 4.68 Å². The topological polar surface area (TPSA) is 17.8 Å². The molecule has 1 aromatic rings. The lowest BCUT2D eigenvalue weighted by atomic mass is 10.2. The van der Waals surface area contributed by atoms with Crippen LogP contribution < -0.4 is 0 Å². The summed E-state index contributed by atoms with van der Waals surface area (Å²) in [5.74, 6) is 0. The predicted octanol–water partition coefficient (Wildman–Crippen LogP) is 2.62. The van der Waals surface area contributed by atoms with Crippen molar-refractivity contribution < 1.29 is 0 Å². The molecule has 0 spiro atoms. The number of aryl methyl sites for hydroxylation is 2. The molecule has 3 heteroatoms. The molecular formula is C9H15BrN2. The summed E-state index contributed by atoms with van der Waals surface area (Å²) in [6.07, 6.45) is 7.59. The first-order chi connectivity index (χ1) is 5.86. The molecule has 0 saturated heterocycles. The van der Waals surface area contributed by atoms with Gasteiger partial charge in [-0.1, -0.05) is 22.9 Å². The van der Waals surface area contributed by atoms with Crippen LogP contribution >= 0.6 is 15.9 Å². The number of nitrogens with zero attached hydrogens (tertiary/aromatic N) is 2. The highest BCUT2D eigenvalue weighted by Crippen LogP contribution is 2.03. The van der Waals surface area contributed by atoms with Crippen LogP contribution in [0.3, 0.4) is 0 Å². The first kappa shape index (κ1) is 9.78. The summed E-state index contributed by atoms with van der Waals surface area (Å²) in [5.41, 5.74) is 1.35. The van der Waals surface area contributed by atoms with Gasteiger partial charge in [-0.2, -0.15) is 5.10 Å². The highest BCUT2D eigenvalue weighted by molar-refractivity contribution is 9.09. The third kappa shape index (κ3) is 2.97. The first-order valence-electron chi connectivity index (χ1n) is 4.44. The molecule has 1 aromatic heterocycles. The van der Waals surface area contributed by atoms with E-state index >= 15 is 0 Å². The van der Waals surface area contributed by atoms with Crippen molar-refractivity contribution in [2.75, 3.05) is 5.33 Å². The summed E-state index contributed by atoms with van der Waals surface area (Å²) in [7, 11) is 0. The van der Waals surface area contributed by atoms with Crippen molar-refractivity contribution in [2.24, 2.45) is 0 Å². The molecule has 0 radical (unpaired) electrons. The quantitative estimate of drug-likeness (QED) is 0.712. The smallest absolute Gasteiger partial charge is 0.0521 e. The molecule has 0 amide bonds. The van der Waals surface area contributed by atoms with Crippen LogP contribution in [0.5, 0.6) is 0 Å². The van der Waals surface area contributed by atoms with Crippen molar-refractivity contribution in [3.8, 4) is 0 Å². The van der Waals surface area contributed by atoms with Crippen molar-refractivity contribution in [2.45, 2.75) is 32.7 Å². The highest BCUT2D eigenvalue weighted by atomic mass is 79.9. The Hall–Kier alpha value is -0.310. The van der Waals surface area contributed by atoms with Crippen molar-refractivity contribution in [1.82, 2.24) is 9.78 Å². The van der Waals surface area contributed by atoms with E-state index < -0.39 is 0 Å². The first-order valence-corrected chi connectivity index (χ1v) is 5.56. The van der Waals surface area contributed by atoms with E-state index in [-0.39, 0.29) is 0 Å². The molecule has 68 valence electrons. The minimum Gasteiger partial charge on any atom is -0.272 e. The van der Waals surface area contributed by atoms with Crippen LogP contribution in [0, 0.1) is 0 Å². The summed E-state index contributed by atoms with van der Waals surface area (Å²) in [6, 6.07) is 0. The van der Waals surface area contributed by atoms with Crippen molar-refractivity contribution in [1.29, 1.82) is 0 Å². The molecule has 1 heterocycles. The van der Waals surface area contributed by atoms with Crippen molar-refractivity contribution in [3.05, 3.63) is 18.0 Å². The highest BCUT2D eigenvalue weighted by Gasteiger charge is 1.96. The summed E-state index contributed by atoms with van der Waals surface area (Å²) in [4.78, 5) is 0. The largest absolute Gasteiger partial charge is 0.272 e.